The van der Waals surface area contributed by atoms with Crippen LogP contribution in [0, 0.1) is 0 Å². The van der Waals surface area contributed by atoms with Crippen LogP contribution in [0.25, 0.3) is 78.7 Å². The Morgan fingerprint density at radius 2 is 0.757 bits per heavy atom. The first kappa shape index (κ1) is 71.9. The molecule has 0 aliphatic rings. The zero-order valence-corrected chi connectivity index (χ0v) is 62.8. The number of benzene rings is 12. The van der Waals surface area contributed by atoms with Crippen LogP contribution in [0.15, 0.2) is 340 Å². The van der Waals surface area contributed by atoms with Crippen LogP contribution in [0.4, 0.5) is 39.8 Å². The van der Waals surface area contributed by atoms with Crippen LogP contribution in [0.3, 0.4) is 0 Å². The second-order valence-electron chi connectivity index (χ2n) is 28.3. The Bertz CT molecular complexity index is 5660. The monoisotopic (exact) mass is 1450 g/mol. The van der Waals surface area contributed by atoms with E-state index >= 15 is 0 Å². The van der Waals surface area contributed by atoms with E-state index in [0.717, 1.165) is 119 Å². The third kappa shape index (κ3) is 16.7. The number of aromatic nitrogens is 6. The second kappa shape index (κ2) is 32.1. The molecule has 12 aromatic carbocycles. The smallest absolute Gasteiger partial charge is 0.145 e. The molecule has 3 N–H and O–H groups in total. The Kier molecular flexibility index (Phi) is 21.6. The normalized spacial score (nSPS) is 11.3. The lowest BCUT2D eigenvalue weighted by Gasteiger charge is -2.27. The molecule has 4 aromatic heterocycles. The lowest BCUT2D eigenvalue weighted by Crippen LogP contribution is -2.17. The summed E-state index contributed by atoms with van der Waals surface area (Å²) in [7, 11) is 0. The summed E-state index contributed by atoms with van der Waals surface area (Å²) in [6.07, 6.45) is 3.77. The molecule has 0 aliphatic carbocycles. The molecule has 0 saturated heterocycles. The Balaban J connectivity index is 0.000000153. The molecular formula is C94H81Cl3N10. The van der Waals surface area contributed by atoms with Crippen molar-refractivity contribution in [2.45, 2.75) is 65.5 Å². The Morgan fingerprint density at radius 3 is 1.21 bits per heavy atom. The minimum Gasteiger partial charge on any atom is -0.399 e. The lowest BCUT2D eigenvalue weighted by atomic mass is 9.87. The van der Waals surface area contributed by atoms with Gasteiger partial charge in [-0.25, -0.2) is 9.97 Å². The predicted molar refractivity (Wildman–Crippen MR) is 450 cm³/mol. The SMILES string of the molecule is CC(C)(C)c1ccnc(-c2ccc(N(Cc3ccccc3)c3cccc(Nc4ccc(-c5nc6ccccc6n5-c5ccccc5)cc4)c3Cl)cc2)c1.CC(C)(C)c1ccnc(-c2ccc(N)cc2)c1.Clc1cccc(N(Cc2ccccc2)c2ccc(-c3nc4ccccc4n3-c3ccccc3)cc2)c1Cl. The lowest BCUT2D eigenvalue weighted by molar-refractivity contribution is 0.589. The number of hydrogen-bond donors (Lipinski definition) is 2. The summed E-state index contributed by atoms with van der Waals surface area (Å²) < 4.78 is 4.42. The average Bonchev–Trinajstić information content (AvgIpc) is 1.63. The maximum atomic E-state index is 7.29. The zero-order valence-electron chi connectivity index (χ0n) is 60.5. The van der Waals surface area contributed by atoms with E-state index in [1.54, 1.807) is 0 Å². The standard InChI is InChI=1S/C47H40ClN5.C32H23Cl2N3.C15H18N2/c1-47(2,3)36-29-30-49-42(31-36)34-23-27-38(28-24-34)52(32-33-13-6-4-7-14-33)44-20-12-18-41(45(44)48)50-37-25-21-35(22-26-37)46-51-40-17-10-11-19-43(40)53(46)39-15-8-5-9-16-39;33-27-14-9-17-30(31(27)34)36(22-23-10-3-1-4-11-23)25-20-18-24(19-21-25)32-35-28-15-7-8-16-29(28)37(32)26-12-5-2-6-13-26;1-15(2,3)12-8-9-17-14(10-12)11-4-6-13(16)7-5-11/h4-31,50H,32H2,1-3H3;1-21H,22H2;4-10H,16H2,1-3H3. The van der Waals surface area contributed by atoms with Crippen molar-refractivity contribution in [3.63, 3.8) is 0 Å². The number of nitrogens with two attached hydrogens (primary N) is 1. The third-order valence-corrected chi connectivity index (χ3v) is 20.0. The molecule has 0 aliphatic heterocycles. The molecule has 16 rings (SSSR count). The predicted octanol–water partition coefficient (Wildman–Crippen LogP) is 25.8. The largest absolute Gasteiger partial charge is 0.399 e. The minimum atomic E-state index is 0.0445. The van der Waals surface area contributed by atoms with E-state index in [1.807, 2.05) is 128 Å². The van der Waals surface area contributed by atoms with Gasteiger partial charge >= 0.3 is 0 Å². The van der Waals surface area contributed by atoms with Gasteiger partial charge in [0.25, 0.3) is 0 Å². The van der Waals surface area contributed by atoms with Gasteiger partial charge in [0.15, 0.2) is 0 Å². The van der Waals surface area contributed by atoms with Gasteiger partial charge in [0.2, 0.25) is 0 Å². The molecule has 0 bridgehead atoms. The molecule has 10 nitrogen and oxygen atoms in total. The molecule has 0 amide bonds. The molecule has 0 saturated carbocycles. The molecule has 0 atom stereocenters. The van der Waals surface area contributed by atoms with Crippen molar-refractivity contribution in [1.29, 1.82) is 0 Å². The van der Waals surface area contributed by atoms with E-state index in [9.17, 15) is 0 Å². The molecule has 16 aromatic rings. The minimum absolute atomic E-state index is 0.0445. The molecule has 4 heterocycles. The van der Waals surface area contributed by atoms with Crippen LogP contribution in [0.2, 0.25) is 15.1 Å². The Morgan fingerprint density at radius 1 is 0.374 bits per heavy atom. The molecule has 0 unspecified atom stereocenters. The third-order valence-electron chi connectivity index (χ3n) is 18.8. The zero-order chi connectivity index (χ0) is 74.0. The van der Waals surface area contributed by atoms with Gasteiger partial charge in [-0.3, -0.25) is 19.1 Å². The summed E-state index contributed by atoms with van der Waals surface area (Å²) in [6, 6.07) is 112. The first-order chi connectivity index (χ1) is 52.0. The van der Waals surface area contributed by atoms with Crippen molar-refractivity contribution in [3.8, 4) is 56.7 Å². The van der Waals surface area contributed by atoms with Gasteiger partial charge in [-0.05, 0) is 203 Å². The van der Waals surface area contributed by atoms with Crippen molar-refractivity contribution in [2.24, 2.45) is 0 Å². The number of fused-ring (bicyclic) bond motifs is 2. The maximum absolute atomic E-state index is 7.29. The van der Waals surface area contributed by atoms with Crippen LogP contribution in [0.1, 0.15) is 63.8 Å². The fraction of sp³-hybridized carbons (Fsp3) is 0.106. The van der Waals surface area contributed by atoms with Crippen LogP contribution in [-0.2, 0) is 23.9 Å². The number of anilines is 7. The molecule has 0 radical (unpaired) electrons. The number of nitrogen functional groups attached to an aromatic ring is 1. The number of nitrogens with one attached hydrogen (secondary N) is 1. The Labute approximate surface area is 641 Å². The van der Waals surface area contributed by atoms with E-state index in [2.05, 4.69) is 283 Å². The van der Waals surface area contributed by atoms with Gasteiger partial charge in [0.1, 0.15) is 11.6 Å². The summed E-state index contributed by atoms with van der Waals surface area (Å²) in [4.78, 5) is 23.6. The van der Waals surface area contributed by atoms with Crippen molar-refractivity contribution in [1.82, 2.24) is 29.1 Å². The number of halogens is 3. The van der Waals surface area contributed by atoms with Crippen molar-refractivity contribution < 1.29 is 0 Å². The average molecular weight is 1460 g/mol. The highest BCUT2D eigenvalue weighted by Gasteiger charge is 2.23. The van der Waals surface area contributed by atoms with Gasteiger partial charge in [-0.2, -0.15) is 0 Å². The van der Waals surface area contributed by atoms with Crippen LogP contribution in [-0.4, -0.2) is 29.1 Å². The molecular weight excluding hydrogens is 1380 g/mol. The highest BCUT2D eigenvalue weighted by molar-refractivity contribution is 6.43. The van der Waals surface area contributed by atoms with Gasteiger partial charge in [0.05, 0.1) is 65.6 Å². The molecule has 528 valence electrons. The van der Waals surface area contributed by atoms with Crippen LogP contribution >= 0.6 is 34.8 Å². The number of hydrogen-bond acceptors (Lipinski definition) is 8. The van der Waals surface area contributed by atoms with Crippen molar-refractivity contribution in [2.75, 3.05) is 20.9 Å². The number of rotatable bonds is 16. The van der Waals surface area contributed by atoms with E-state index in [-0.39, 0.29) is 10.8 Å². The van der Waals surface area contributed by atoms with Crippen molar-refractivity contribution >= 4 is 96.7 Å². The fourth-order valence-corrected chi connectivity index (χ4v) is 13.7. The van der Waals surface area contributed by atoms with E-state index in [0.29, 0.717) is 28.2 Å². The number of nitrogens with zero attached hydrogens (tertiary/aromatic N) is 8. The summed E-state index contributed by atoms with van der Waals surface area (Å²) in [5.41, 5.74) is 29.5. The summed E-state index contributed by atoms with van der Waals surface area (Å²) >= 11 is 20.4. The topological polar surface area (TPSA) is 106 Å². The summed E-state index contributed by atoms with van der Waals surface area (Å²) in [6.45, 7) is 14.6. The van der Waals surface area contributed by atoms with E-state index in [4.69, 9.17) is 55.5 Å². The first-order valence-electron chi connectivity index (χ1n) is 35.8. The van der Waals surface area contributed by atoms with Crippen LogP contribution < -0.4 is 20.9 Å². The second-order valence-corrected chi connectivity index (χ2v) is 29.5. The highest BCUT2D eigenvalue weighted by atomic mass is 35.5. The highest BCUT2D eigenvalue weighted by Crippen LogP contribution is 2.42. The first-order valence-corrected chi connectivity index (χ1v) is 36.9. The number of pyridine rings is 2. The molecule has 0 fully saturated rings. The number of imidazole rings is 2. The molecule has 13 heteroatoms. The van der Waals surface area contributed by atoms with Gasteiger partial charge in [-0.15, -0.1) is 0 Å². The quantitative estimate of drug-likeness (QED) is 0.0922. The van der Waals surface area contributed by atoms with Gasteiger partial charge in [0, 0.05) is 81.9 Å². The number of para-hydroxylation sites is 6. The summed E-state index contributed by atoms with van der Waals surface area (Å²) in [5.74, 6) is 1.79. The maximum Gasteiger partial charge on any atom is 0.145 e. The fourth-order valence-electron chi connectivity index (χ4n) is 13.0. The van der Waals surface area contributed by atoms with Gasteiger partial charge < -0.3 is 20.9 Å². The van der Waals surface area contributed by atoms with E-state index in [1.165, 1.54) is 22.3 Å². The molecule has 107 heavy (non-hydrogen) atoms. The van der Waals surface area contributed by atoms with E-state index < -0.39 is 0 Å². The molecule has 0 spiro atoms. The summed E-state index contributed by atoms with van der Waals surface area (Å²) in [5, 5.41) is 5.30. The Hall–Kier alpha value is -12.1. The van der Waals surface area contributed by atoms with Crippen LogP contribution in [0.5, 0.6) is 0 Å². The van der Waals surface area contributed by atoms with Gasteiger partial charge in [-0.1, -0.05) is 234 Å². The van der Waals surface area contributed by atoms with Crippen molar-refractivity contribution in [3.05, 3.63) is 377 Å².